The first-order chi connectivity index (χ1) is 10.9. The van der Waals surface area contributed by atoms with Gasteiger partial charge in [-0.05, 0) is 63.2 Å². The molecular weight excluding hydrogens is 360 g/mol. The molecule has 0 radical (unpaired) electrons. The van der Waals surface area contributed by atoms with E-state index < -0.39 is 5.97 Å². The highest BCUT2D eigenvalue weighted by molar-refractivity contribution is 9.10. The van der Waals surface area contributed by atoms with Crippen LogP contribution < -0.4 is 9.47 Å². The van der Waals surface area contributed by atoms with Crippen LogP contribution in [0.2, 0.25) is 0 Å². The summed E-state index contributed by atoms with van der Waals surface area (Å²) in [5, 5.41) is 0. The summed E-state index contributed by atoms with van der Waals surface area (Å²) in [4.78, 5) is 23.7. The van der Waals surface area contributed by atoms with Crippen molar-refractivity contribution >= 4 is 27.7 Å². The third-order valence-corrected chi connectivity index (χ3v) is 3.49. The second-order valence-corrected chi connectivity index (χ2v) is 6.19. The van der Waals surface area contributed by atoms with Gasteiger partial charge in [0.2, 0.25) is 0 Å². The predicted octanol–water partition coefficient (Wildman–Crippen LogP) is 4.66. The Bertz CT molecular complexity index is 720. The summed E-state index contributed by atoms with van der Waals surface area (Å²) in [6, 6.07) is 11.6. The summed E-state index contributed by atoms with van der Waals surface area (Å²) >= 11 is 3.34. The fraction of sp³-hybridized carbons (Fsp3) is 0.222. The van der Waals surface area contributed by atoms with E-state index >= 15 is 0 Å². The summed E-state index contributed by atoms with van der Waals surface area (Å²) in [6.07, 6.45) is -0.0578. The number of halogens is 1. The fourth-order valence-corrected chi connectivity index (χ4v) is 2.30. The van der Waals surface area contributed by atoms with Crippen molar-refractivity contribution < 1.29 is 19.1 Å². The van der Waals surface area contributed by atoms with Crippen LogP contribution in [0.4, 0.5) is 0 Å². The normalized spacial score (nSPS) is 10.5. The van der Waals surface area contributed by atoms with E-state index in [0.717, 1.165) is 4.47 Å². The Morgan fingerprint density at radius 3 is 2.26 bits per heavy atom. The largest absolute Gasteiger partial charge is 0.490 e. The molecule has 0 unspecified atom stereocenters. The summed E-state index contributed by atoms with van der Waals surface area (Å²) in [6.45, 7) is 5.26. The molecule has 4 nitrogen and oxygen atoms in total. The van der Waals surface area contributed by atoms with E-state index in [1.165, 1.54) is 6.92 Å². The second-order valence-electron chi connectivity index (χ2n) is 5.28. The zero-order valence-corrected chi connectivity index (χ0v) is 14.7. The highest BCUT2D eigenvalue weighted by atomic mass is 79.9. The van der Waals surface area contributed by atoms with Gasteiger partial charge in [0.15, 0.2) is 5.78 Å². The Labute approximate surface area is 143 Å². The molecule has 2 rings (SSSR count). The number of hydrogen-bond donors (Lipinski definition) is 0. The van der Waals surface area contributed by atoms with Crippen LogP contribution in [0.5, 0.6) is 11.5 Å². The molecule has 0 saturated carbocycles. The molecule has 120 valence electrons. The van der Waals surface area contributed by atoms with E-state index in [-0.39, 0.29) is 11.9 Å². The summed E-state index contributed by atoms with van der Waals surface area (Å²) < 4.78 is 11.8. The fourth-order valence-electron chi connectivity index (χ4n) is 1.94. The maximum atomic E-state index is 12.4. The average molecular weight is 377 g/mol. The Hall–Kier alpha value is -2.14. The van der Waals surface area contributed by atoms with Crippen molar-refractivity contribution in [2.24, 2.45) is 0 Å². The number of esters is 1. The third kappa shape index (κ3) is 4.66. The van der Waals surface area contributed by atoms with E-state index in [0.29, 0.717) is 22.6 Å². The third-order valence-electron chi connectivity index (χ3n) is 3.00. The van der Waals surface area contributed by atoms with Gasteiger partial charge in [-0.1, -0.05) is 15.9 Å². The summed E-state index contributed by atoms with van der Waals surface area (Å²) in [7, 11) is 0. The molecule has 0 amide bonds. The first-order valence-corrected chi connectivity index (χ1v) is 7.95. The van der Waals surface area contributed by atoms with Gasteiger partial charge in [0.25, 0.3) is 0 Å². The topological polar surface area (TPSA) is 52.6 Å². The van der Waals surface area contributed by atoms with Gasteiger partial charge in [-0.25, -0.2) is 4.79 Å². The first-order valence-electron chi connectivity index (χ1n) is 7.16. The minimum absolute atomic E-state index is 0.0394. The molecule has 0 aliphatic heterocycles. The molecule has 0 heterocycles. The lowest BCUT2D eigenvalue weighted by atomic mass is 10.1. The van der Waals surface area contributed by atoms with E-state index in [9.17, 15) is 9.59 Å². The SMILES string of the molecule is CC(=O)c1ccc(OC(=O)c2cc(Br)ccc2OC(C)C)cc1. The molecule has 2 aromatic rings. The highest BCUT2D eigenvalue weighted by Gasteiger charge is 2.17. The number of carbonyl (C=O) groups is 2. The molecule has 0 atom stereocenters. The molecule has 0 aliphatic carbocycles. The van der Waals surface area contributed by atoms with Crippen LogP contribution in [0.1, 0.15) is 41.5 Å². The number of ketones is 1. The van der Waals surface area contributed by atoms with Gasteiger partial charge in [-0.2, -0.15) is 0 Å². The second kappa shape index (κ2) is 7.42. The number of benzene rings is 2. The zero-order valence-electron chi connectivity index (χ0n) is 13.1. The molecule has 0 saturated heterocycles. The van der Waals surface area contributed by atoms with Crippen LogP contribution in [0.25, 0.3) is 0 Å². The minimum atomic E-state index is -0.516. The van der Waals surface area contributed by atoms with Crippen molar-refractivity contribution in [3.63, 3.8) is 0 Å². The lowest BCUT2D eigenvalue weighted by Crippen LogP contribution is -2.14. The smallest absolute Gasteiger partial charge is 0.347 e. The minimum Gasteiger partial charge on any atom is -0.490 e. The van der Waals surface area contributed by atoms with Crippen molar-refractivity contribution in [1.82, 2.24) is 0 Å². The number of ether oxygens (including phenoxy) is 2. The van der Waals surface area contributed by atoms with E-state index in [1.807, 2.05) is 13.8 Å². The number of carbonyl (C=O) groups excluding carboxylic acids is 2. The monoisotopic (exact) mass is 376 g/mol. The van der Waals surface area contributed by atoms with E-state index in [2.05, 4.69) is 15.9 Å². The van der Waals surface area contributed by atoms with Gasteiger partial charge < -0.3 is 9.47 Å². The van der Waals surface area contributed by atoms with Gasteiger partial charge in [0.1, 0.15) is 17.1 Å². The average Bonchev–Trinajstić information content (AvgIpc) is 2.49. The van der Waals surface area contributed by atoms with Crippen LogP contribution in [0.15, 0.2) is 46.9 Å². The maximum Gasteiger partial charge on any atom is 0.347 e. The van der Waals surface area contributed by atoms with Crippen LogP contribution in [0.3, 0.4) is 0 Å². The van der Waals surface area contributed by atoms with E-state index in [1.54, 1.807) is 42.5 Å². The van der Waals surface area contributed by atoms with Gasteiger partial charge in [0, 0.05) is 10.0 Å². The van der Waals surface area contributed by atoms with Crippen molar-refractivity contribution in [1.29, 1.82) is 0 Å². The van der Waals surface area contributed by atoms with Crippen molar-refractivity contribution in [2.45, 2.75) is 26.9 Å². The van der Waals surface area contributed by atoms with Crippen LogP contribution in [-0.2, 0) is 0 Å². The van der Waals surface area contributed by atoms with Crippen molar-refractivity contribution in [3.05, 3.63) is 58.1 Å². The zero-order chi connectivity index (χ0) is 17.0. The van der Waals surface area contributed by atoms with Gasteiger partial charge in [-0.3, -0.25) is 4.79 Å². The predicted molar refractivity (Wildman–Crippen MR) is 91.3 cm³/mol. The van der Waals surface area contributed by atoms with Gasteiger partial charge in [-0.15, -0.1) is 0 Å². The van der Waals surface area contributed by atoms with Gasteiger partial charge in [0.05, 0.1) is 6.10 Å². The van der Waals surface area contributed by atoms with Crippen molar-refractivity contribution in [2.75, 3.05) is 0 Å². The first kappa shape index (κ1) is 17.2. The van der Waals surface area contributed by atoms with Crippen LogP contribution in [-0.4, -0.2) is 17.9 Å². The quantitative estimate of drug-likeness (QED) is 0.432. The molecule has 5 heteroatoms. The standard InChI is InChI=1S/C18H17BrO4/c1-11(2)22-17-9-6-14(19)10-16(17)18(21)23-15-7-4-13(5-8-15)12(3)20/h4-11H,1-3H3. The van der Waals surface area contributed by atoms with E-state index in [4.69, 9.17) is 9.47 Å². The van der Waals surface area contributed by atoms with Crippen LogP contribution in [0, 0.1) is 0 Å². The lowest BCUT2D eigenvalue weighted by Gasteiger charge is -2.14. The molecule has 0 fully saturated rings. The number of rotatable bonds is 5. The Morgan fingerprint density at radius 2 is 1.70 bits per heavy atom. The molecule has 0 N–H and O–H groups in total. The summed E-state index contributed by atoms with van der Waals surface area (Å²) in [5.41, 5.74) is 0.903. The number of hydrogen-bond acceptors (Lipinski definition) is 4. The molecule has 0 spiro atoms. The molecule has 0 aromatic heterocycles. The Morgan fingerprint density at radius 1 is 1.04 bits per heavy atom. The lowest BCUT2D eigenvalue weighted by molar-refractivity contribution is 0.0728. The van der Waals surface area contributed by atoms with Crippen molar-refractivity contribution in [3.8, 4) is 11.5 Å². The maximum absolute atomic E-state index is 12.4. The highest BCUT2D eigenvalue weighted by Crippen LogP contribution is 2.26. The Kier molecular flexibility index (Phi) is 5.55. The Balaban J connectivity index is 2.23. The summed E-state index contributed by atoms with van der Waals surface area (Å²) in [5.74, 6) is 0.282. The molecule has 23 heavy (non-hydrogen) atoms. The molecule has 0 aliphatic rings. The van der Waals surface area contributed by atoms with Gasteiger partial charge >= 0.3 is 5.97 Å². The molecule has 0 bridgehead atoms. The molecular formula is C18H17BrO4. The molecule has 2 aromatic carbocycles. The number of Topliss-reactive ketones (excluding diaryl/α,β-unsaturated/α-hetero) is 1. The van der Waals surface area contributed by atoms with Crippen LogP contribution >= 0.6 is 15.9 Å².